The molecule has 0 heterocycles. The zero-order valence-corrected chi connectivity index (χ0v) is 17.4. The van der Waals surface area contributed by atoms with E-state index in [-0.39, 0.29) is 0 Å². The first-order valence-electron chi connectivity index (χ1n) is 8.32. The van der Waals surface area contributed by atoms with Crippen LogP contribution >= 0.6 is 0 Å². The van der Waals surface area contributed by atoms with Crippen molar-refractivity contribution in [3.63, 3.8) is 0 Å². The van der Waals surface area contributed by atoms with Gasteiger partial charge in [0.25, 0.3) is 0 Å². The van der Waals surface area contributed by atoms with Crippen molar-refractivity contribution in [1.29, 1.82) is 0 Å². The van der Waals surface area contributed by atoms with E-state index in [4.69, 9.17) is 22.1 Å². The van der Waals surface area contributed by atoms with Gasteiger partial charge in [0, 0.05) is 45.1 Å². The SMILES string of the molecule is CCO[Si](CC[Si](OCC)(OCC)N(C)C)(OCC)OCC. The Balaban J connectivity index is 5.14. The van der Waals surface area contributed by atoms with Crippen molar-refractivity contribution in [2.75, 3.05) is 47.1 Å². The van der Waals surface area contributed by atoms with Gasteiger partial charge in [-0.3, -0.25) is 4.57 Å². The fourth-order valence-electron chi connectivity index (χ4n) is 2.43. The van der Waals surface area contributed by atoms with Gasteiger partial charge in [0.05, 0.1) is 0 Å². The smallest absolute Gasteiger partial charge is 0.383 e. The van der Waals surface area contributed by atoms with Gasteiger partial charge in [0.15, 0.2) is 0 Å². The molecule has 0 bridgehead atoms. The van der Waals surface area contributed by atoms with Crippen LogP contribution in [0.5, 0.6) is 0 Å². The third-order valence-corrected chi connectivity index (χ3v) is 10.5. The second kappa shape index (κ2) is 11.7. The van der Waals surface area contributed by atoms with Crippen LogP contribution in [0.4, 0.5) is 0 Å². The molecule has 8 heteroatoms. The van der Waals surface area contributed by atoms with E-state index in [0.717, 1.165) is 6.04 Å². The molecule has 0 amide bonds. The fourth-order valence-corrected chi connectivity index (χ4v) is 9.16. The third kappa shape index (κ3) is 6.75. The Morgan fingerprint density at radius 3 is 1.23 bits per heavy atom. The molecule has 0 N–H and O–H groups in total. The summed E-state index contributed by atoms with van der Waals surface area (Å²) in [6.07, 6.45) is 0. The van der Waals surface area contributed by atoms with Crippen LogP contribution in [0.1, 0.15) is 34.6 Å². The molecule has 0 atom stereocenters. The second-order valence-electron chi connectivity index (χ2n) is 4.96. The van der Waals surface area contributed by atoms with Crippen molar-refractivity contribution >= 4 is 17.5 Å². The Hall–Kier alpha value is 0.194. The van der Waals surface area contributed by atoms with Crippen LogP contribution in [-0.2, 0) is 22.1 Å². The van der Waals surface area contributed by atoms with Crippen molar-refractivity contribution < 1.29 is 22.1 Å². The monoisotopic (exact) mass is 353 g/mol. The lowest BCUT2D eigenvalue weighted by Crippen LogP contribution is -2.57. The average Bonchev–Trinajstić information content (AvgIpc) is 2.46. The van der Waals surface area contributed by atoms with E-state index < -0.39 is 17.5 Å². The van der Waals surface area contributed by atoms with E-state index in [1.54, 1.807) is 0 Å². The van der Waals surface area contributed by atoms with Crippen LogP contribution in [0.3, 0.4) is 0 Å². The van der Waals surface area contributed by atoms with E-state index in [2.05, 4.69) is 4.57 Å². The minimum atomic E-state index is -2.66. The van der Waals surface area contributed by atoms with E-state index in [0.29, 0.717) is 39.1 Å². The van der Waals surface area contributed by atoms with Gasteiger partial charge in [-0.1, -0.05) is 0 Å². The van der Waals surface area contributed by atoms with Gasteiger partial charge in [-0.25, -0.2) is 0 Å². The van der Waals surface area contributed by atoms with E-state index in [1.165, 1.54) is 0 Å². The highest BCUT2D eigenvalue weighted by molar-refractivity contribution is 6.68. The molecule has 0 saturated carbocycles. The van der Waals surface area contributed by atoms with Gasteiger partial charge in [-0.05, 0) is 48.7 Å². The molecule has 0 rings (SSSR count). The molecular formula is C14H35NO5Si2. The highest BCUT2D eigenvalue weighted by atomic mass is 28.4. The molecule has 0 spiro atoms. The summed E-state index contributed by atoms with van der Waals surface area (Å²) in [7, 11) is -1.07. The molecule has 0 aromatic carbocycles. The van der Waals surface area contributed by atoms with E-state index in [9.17, 15) is 0 Å². The normalized spacial score (nSPS) is 13.1. The van der Waals surface area contributed by atoms with Crippen LogP contribution in [-0.4, -0.2) is 69.2 Å². The number of nitrogens with zero attached hydrogens (tertiary/aromatic N) is 1. The first kappa shape index (κ1) is 22.2. The number of hydrogen-bond donors (Lipinski definition) is 0. The van der Waals surface area contributed by atoms with E-state index in [1.807, 2.05) is 48.7 Å². The first-order valence-corrected chi connectivity index (χ1v) is 12.2. The van der Waals surface area contributed by atoms with Gasteiger partial charge >= 0.3 is 17.5 Å². The molecular weight excluding hydrogens is 318 g/mol. The summed E-state index contributed by atoms with van der Waals surface area (Å²) in [6, 6.07) is 1.49. The topological polar surface area (TPSA) is 49.4 Å². The second-order valence-corrected chi connectivity index (χ2v) is 11.1. The van der Waals surface area contributed by atoms with Crippen molar-refractivity contribution in [2.24, 2.45) is 0 Å². The van der Waals surface area contributed by atoms with Gasteiger partial charge in [0.1, 0.15) is 0 Å². The third-order valence-electron chi connectivity index (χ3n) is 3.26. The highest BCUT2D eigenvalue weighted by Crippen LogP contribution is 2.26. The standard InChI is InChI=1S/C14H35NO5Si2/c1-8-16-21(15(6)7,17-9-2)13-14-22(18-10-3,19-11-4)20-12-5/h8-14H2,1-7H3. The zero-order chi connectivity index (χ0) is 17.1. The van der Waals surface area contributed by atoms with Gasteiger partial charge in [0.2, 0.25) is 0 Å². The number of hydrogen-bond acceptors (Lipinski definition) is 6. The molecule has 134 valence electrons. The van der Waals surface area contributed by atoms with Crippen LogP contribution in [0, 0.1) is 0 Å². The molecule has 0 radical (unpaired) electrons. The predicted octanol–water partition coefficient (Wildman–Crippen LogP) is 2.61. The molecule has 0 aromatic rings. The van der Waals surface area contributed by atoms with Gasteiger partial charge in [-0.2, -0.15) is 0 Å². The van der Waals surface area contributed by atoms with E-state index >= 15 is 0 Å². The maximum absolute atomic E-state index is 6.06. The molecule has 0 aromatic heterocycles. The van der Waals surface area contributed by atoms with Crippen LogP contribution < -0.4 is 0 Å². The van der Waals surface area contributed by atoms with Gasteiger partial charge < -0.3 is 22.1 Å². The Kier molecular flexibility index (Phi) is 11.8. The quantitative estimate of drug-likeness (QED) is 0.447. The molecule has 0 saturated heterocycles. The molecule has 22 heavy (non-hydrogen) atoms. The lowest BCUT2D eigenvalue weighted by Gasteiger charge is -2.37. The summed E-state index contributed by atoms with van der Waals surface area (Å²) in [5.74, 6) is 0. The minimum absolute atomic E-state index is 0.589. The zero-order valence-electron chi connectivity index (χ0n) is 15.4. The summed E-state index contributed by atoms with van der Waals surface area (Å²) in [6.45, 7) is 13.0. The molecule has 6 nitrogen and oxygen atoms in total. The summed E-state index contributed by atoms with van der Waals surface area (Å²) >= 11 is 0. The summed E-state index contributed by atoms with van der Waals surface area (Å²) < 4.78 is 32.0. The lowest BCUT2D eigenvalue weighted by atomic mass is 10.9. The van der Waals surface area contributed by atoms with Gasteiger partial charge in [-0.15, -0.1) is 0 Å². The maximum atomic E-state index is 6.06. The van der Waals surface area contributed by atoms with Crippen molar-refractivity contribution in [3.8, 4) is 0 Å². The molecule has 0 aliphatic rings. The minimum Gasteiger partial charge on any atom is -0.383 e. The Labute approximate surface area is 138 Å². The average molecular weight is 354 g/mol. The van der Waals surface area contributed by atoms with Crippen molar-refractivity contribution in [3.05, 3.63) is 0 Å². The summed E-state index contributed by atoms with van der Waals surface area (Å²) in [5, 5.41) is 0. The molecule has 0 fully saturated rings. The Morgan fingerprint density at radius 2 is 0.955 bits per heavy atom. The summed E-state index contributed by atoms with van der Waals surface area (Å²) in [4.78, 5) is 0. The number of rotatable bonds is 14. The fraction of sp³-hybridized carbons (Fsp3) is 1.00. The van der Waals surface area contributed by atoms with Crippen molar-refractivity contribution in [2.45, 2.75) is 46.7 Å². The molecule has 0 aliphatic carbocycles. The molecule has 0 unspecified atom stereocenters. The molecule has 0 aliphatic heterocycles. The first-order chi connectivity index (χ1) is 10.5. The Bertz CT molecular complexity index is 259. The highest BCUT2D eigenvalue weighted by Gasteiger charge is 2.48. The van der Waals surface area contributed by atoms with Crippen LogP contribution in [0.25, 0.3) is 0 Å². The largest absolute Gasteiger partial charge is 0.500 e. The Morgan fingerprint density at radius 1 is 0.591 bits per heavy atom. The van der Waals surface area contributed by atoms with Crippen molar-refractivity contribution in [1.82, 2.24) is 4.57 Å². The predicted molar refractivity (Wildman–Crippen MR) is 92.9 cm³/mol. The summed E-state index contributed by atoms with van der Waals surface area (Å²) in [5.41, 5.74) is 0. The van der Waals surface area contributed by atoms with Crippen LogP contribution in [0.15, 0.2) is 0 Å². The van der Waals surface area contributed by atoms with Crippen LogP contribution in [0.2, 0.25) is 12.1 Å². The maximum Gasteiger partial charge on any atom is 0.500 e. The lowest BCUT2D eigenvalue weighted by molar-refractivity contribution is 0.0699.